The van der Waals surface area contributed by atoms with Crippen LogP contribution in [0.2, 0.25) is 0 Å². The molecule has 0 saturated heterocycles. The molecule has 2 nitrogen and oxygen atoms in total. The van der Waals surface area contributed by atoms with Crippen molar-refractivity contribution >= 4 is 5.69 Å². The van der Waals surface area contributed by atoms with Crippen molar-refractivity contribution in [1.82, 2.24) is 5.32 Å². The van der Waals surface area contributed by atoms with Gasteiger partial charge in [-0.2, -0.15) is 0 Å². The second-order valence-corrected chi connectivity index (χ2v) is 6.66. The van der Waals surface area contributed by atoms with Gasteiger partial charge in [-0.3, -0.25) is 0 Å². The lowest BCUT2D eigenvalue weighted by Gasteiger charge is -2.31. The summed E-state index contributed by atoms with van der Waals surface area (Å²) in [6.07, 6.45) is 1.09. The molecule has 0 amide bonds. The monoisotopic (exact) mass is 280 g/mol. The van der Waals surface area contributed by atoms with Crippen molar-refractivity contribution in [3.63, 3.8) is 0 Å². The quantitative estimate of drug-likeness (QED) is 0.834. The lowest BCUT2D eigenvalue weighted by molar-refractivity contribution is 0.423. The molecular weight excluding hydrogens is 251 g/mol. The van der Waals surface area contributed by atoms with Crippen LogP contribution in [0.3, 0.4) is 0 Å². The average Bonchev–Trinajstić information content (AvgIpc) is 2.33. The minimum atomic E-state index is -0.167. The Morgan fingerprint density at radius 1 is 1.25 bits per heavy atom. The van der Waals surface area contributed by atoms with E-state index in [-0.39, 0.29) is 11.4 Å². The Bertz CT molecular complexity index is 421. The Morgan fingerprint density at radius 3 is 2.40 bits per heavy atom. The van der Waals surface area contributed by atoms with Crippen LogP contribution in [0.15, 0.2) is 18.2 Å². The number of nitrogens with zero attached hydrogens (tertiary/aromatic N) is 1. The van der Waals surface area contributed by atoms with Gasteiger partial charge in [0.05, 0.1) is 0 Å². The summed E-state index contributed by atoms with van der Waals surface area (Å²) in [4.78, 5) is 2.35. The Balaban J connectivity index is 3.05. The van der Waals surface area contributed by atoms with Gasteiger partial charge >= 0.3 is 0 Å². The molecule has 114 valence electrons. The van der Waals surface area contributed by atoms with E-state index in [2.05, 4.69) is 51.8 Å². The van der Waals surface area contributed by atoms with E-state index in [4.69, 9.17) is 0 Å². The van der Waals surface area contributed by atoms with Crippen molar-refractivity contribution in [2.45, 2.75) is 66.1 Å². The predicted octanol–water partition coefficient (Wildman–Crippen LogP) is 4.34. The number of benzene rings is 1. The number of anilines is 1. The average molecular weight is 280 g/mol. The molecule has 0 aliphatic rings. The zero-order valence-corrected chi connectivity index (χ0v) is 13.8. The van der Waals surface area contributed by atoms with E-state index >= 15 is 0 Å². The SMILES string of the molecule is CCCN(c1ccc(F)cc1CNC(C)(C)C)C(C)C. The lowest BCUT2D eigenvalue weighted by Crippen LogP contribution is -2.37. The largest absolute Gasteiger partial charge is 0.369 e. The van der Waals surface area contributed by atoms with Crippen molar-refractivity contribution in [3.8, 4) is 0 Å². The maximum atomic E-state index is 13.6. The van der Waals surface area contributed by atoms with Crippen LogP contribution < -0.4 is 10.2 Å². The lowest BCUT2D eigenvalue weighted by atomic mass is 10.1. The van der Waals surface area contributed by atoms with E-state index in [0.717, 1.165) is 24.2 Å². The van der Waals surface area contributed by atoms with Crippen molar-refractivity contribution < 1.29 is 4.39 Å². The fraction of sp³-hybridized carbons (Fsp3) is 0.647. The molecule has 3 heteroatoms. The predicted molar refractivity (Wildman–Crippen MR) is 85.8 cm³/mol. The Labute approximate surface area is 123 Å². The second kappa shape index (κ2) is 7.07. The number of nitrogens with one attached hydrogen (secondary N) is 1. The normalized spacial score (nSPS) is 12.0. The van der Waals surface area contributed by atoms with Crippen LogP contribution in [0, 0.1) is 5.82 Å². The van der Waals surface area contributed by atoms with Crippen LogP contribution >= 0.6 is 0 Å². The number of hydrogen-bond acceptors (Lipinski definition) is 2. The molecule has 0 spiro atoms. The van der Waals surface area contributed by atoms with Gasteiger partial charge in [0.2, 0.25) is 0 Å². The molecule has 0 aromatic heterocycles. The Kier molecular flexibility index (Phi) is 6.00. The number of halogens is 1. The fourth-order valence-corrected chi connectivity index (χ4v) is 2.23. The summed E-state index contributed by atoms with van der Waals surface area (Å²) in [6, 6.07) is 5.53. The van der Waals surface area contributed by atoms with Crippen molar-refractivity contribution in [2.24, 2.45) is 0 Å². The van der Waals surface area contributed by atoms with Gasteiger partial charge in [-0.05, 0) is 64.8 Å². The van der Waals surface area contributed by atoms with Crippen LogP contribution in [0.1, 0.15) is 53.5 Å². The summed E-state index contributed by atoms with van der Waals surface area (Å²) in [5, 5.41) is 3.45. The Hall–Kier alpha value is -1.09. The standard InChI is InChI=1S/C17H29FN2/c1-7-10-20(13(2)3)16-9-8-15(18)11-14(16)12-19-17(4,5)6/h8-9,11,13,19H,7,10,12H2,1-6H3. The maximum absolute atomic E-state index is 13.6. The molecule has 1 aromatic carbocycles. The minimum absolute atomic E-state index is 0.0248. The third-order valence-corrected chi connectivity index (χ3v) is 3.25. The van der Waals surface area contributed by atoms with Crippen LogP contribution in [-0.2, 0) is 6.54 Å². The molecule has 0 heterocycles. The van der Waals surface area contributed by atoms with Crippen molar-refractivity contribution in [3.05, 3.63) is 29.6 Å². The van der Waals surface area contributed by atoms with Crippen LogP contribution in [0.5, 0.6) is 0 Å². The van der Waals surface area contributed by atoms with Gasteiger partial charge in [0.15, 0.2) is 0 Å². The highest BCUT2D eigenvalue weighted by Crippen LogP contribution is 2.24. The first-order valence-electron chi connectivity index (χ1n) is 7.54. The summed E-state index contributed by atoms with van der Waals surface area (Å²) < 4.78 is 13.6. The fourth-order valence-electron chi connectivity index (χ4n) is 2.23. The molecule has 1 N–H and O–H groups in total. The molecule has 0 radical (unpaired) electrons. The zero-order chi connectivity index (χ0) is 15.3. The van der Waals surface area contributed by atoms with E-state index in [1.165, 1.54) is 0 Å². The van der Waals surface area contributed by atoms with Crippen molar-refractivity contribution in [2.75, 3.05) is 11.4 Å². The van der Waals surface area contributed by atoms with E-state index in [1.54, 1.807) is 12.1 Å². The first-order chi connectivity index (χ1) is 9.24. The molecule has 0 bridgehead atoms. The summed E-state index contributed by atoms with van der Waals surface area (Å²) in [6.45, 7) is 14.6. The Morgan fingerprint density at radius 2 is 1.90 bits per heavy atom. The van der Waals surface area contributed by atoms with Crippen LogP contribution in [0.4, 0.5) is 10.1 Å². The molecule has 0 unspecified atom stereocenters. The molecule has 0 aliphatic heterocycles. The molecule has 0 saturated carbocycles. The molecule has 0 fully saturated rings. The van der Waals surface area contributed by atoms with Crippen LogP contribution in [0.25, 0.3) is 0 Å². The first kappa shape index (κ1) is 17.0. The maximum Gasteiger partial charge on any atom is 0.123 e. The van der Waals surface area contributed by atoms with Gasteiger partial charge in [0.25, 0.3) is 0 Å². The third kappa shape index (κ3) is 5.12. The second-order valence-electron chi connectivity index (χ2n) is 6.66. The van der Waals surface area contributed by atoms with E-state index < -0.39 is 0 Å². The first-order valence-corrected chi connectivity index (χ1v) is 7.54. The summed E-state index contributed by atoms with van der Waals surface area (Å²) in [5.41, 5.74) is 2.19. The molecule has 1 rings (SSSR count). The molecule has 20 heavy (non-hydrogen) atoms. The van der Waals surface area contributed by atoms with Gasteiger partial charge in [-0.1, -0.05) is 6.92 Å². The molecule has 0 aliphatic carbocycles. The highest BCUT2D eigenvalue weighted by molar-refractivity contribution is 5.54. The summed E-state index contributed by atoms with van der Waals surface area (Å²) in [7, 11) is 0. The topological polar surface area (TPSA) is 15.3 Å². The smallest absolute Gasteiger partial charge is 0.123 e. The minimum Gasteiger partial charge on any atom is -0.369 e. The van der Waals surface area contributed by atoms with Gasteiger partial charge in [-0.25, -0.2) is 4.39 Å². The summed E-state index contributed by atoms with van der Waals surface area (Å²) >= 11 is 0. The highest BCUT2D eigenvalue weighted by Gasteiger charge is 2.16. The highest BCUT2D eigenvalue weighted by atomic mass is 19.1. The molecule has 1 aromatic rings. The van der Waals surface area contributed by atoms with Crippen LogP contribution in [-0.4, -0.2) is 18.1 Å². The van der Waals surface area contributed by atoms with Crippen molar-refractivity contribution in [1.29, 1.82) is 0 Å². The van der Waals surface area contributed by atoms with Gasteiger partial charge in [0, 0.05) is 30.4 Å². The van der Waals surface area contributed by atoms with Gasteiger partial charge in [-0.15, -0.1) is 0 Å². The van der Waals surface area contributed by atoms with E-state index in [9.17, 15) is 4.39 Å². The molecular formula is C17H29FN2. The molecule has 0 atom stereocenters. The zero-order valence-electron chi connectivity index (χ0n) is 13.8. The number of hydrogen-bond donors (Lipinski definition) is 1. The van der Waals surface area contributed by atoms with E-state index in [1.807, 2.05) is 6.07 Å². The third-order valence-electron chi connectivity index (χ3n) is 3.25. The number of rotatable bonds is 6. The van der Waals surface area contributed by atoms with E-state index in [0.29, 0.717) is 12.6 Å². The van der Waals surface area contributed by atoms with Gasteiger partial charge in [0.1, 0.15) is 5.82 Å². The van der Waals surface area contributed by atoms with Gasteiger partial charge < -0.3 is 10.2 Å². The summed E-state index contributed by atoms with van der Waals surface area (Å²) in [5.74, 6) is -0.167.